The van der Waals surface area contributed by atoms with Crippen molar-refractivity contribution in [3.05, 3.63) is 47.7 Å². The molecule has 1 heterocycles. The van der Waals surface area contributed by atoms with Crippen LogP contribution in [0, 0.1) is 6.92 Å². The van der Waals surface area contributed by atoms with Crippen molar-refractivity contribution in [3.8, 4) is 0 Å². The van der Waals surface area contributed by atoms with E-state index in [2.05, 4.69) is 15.8 Å². The number of aryl methyl sites for hydroxylation is 1. The third-order valence-corrected chi connectivity index (χ3v) is 3.59. The molecule has 2 amide bonds. The summed E-state index contributed by atoms with van der Waals surface area (Å²) in [5, 5.41) is 9.45. The van der Waals surface area contributed by atoms with Gasteiger partial charge in [-0.3, -0.25) is 14.5 Å². The highest BCUT2D eigenvalue weighted by Crippen LogP contribution is 2.21. The van der Waals surface area contributed by atoms with Gasteiger partial charge in [0.15, 0.2) is 5.82 Å². The standard InChI is InChI=1S/C19H26N4O3/c1-13-11-15(22-26-13)20-18(25)17(14-9-7-6-8-10-14)23(5)12-16(24)21-19(2,3)4/h6-11,17H,12H2,1-5H3,(H,21,24)(H,20,22,25)/t17-/m0/s1. The van der Waals surface area contributed by atoms with Crippen LogP contribution in [0.1, 0.15) is 38.1 Å². The molecule has 7 nitrogen and oxygen atoms in total. The molecule has 1 aromatic carbocycles. The maximum Gasteiger partial charge on any atom is 0.247 e. The maximum atomic E-state index is 12.9. The Morgan fingerprint density at radius 3 is 2.42 bits per heavy atom. The van der Waals surface area contributed by atoms with E-state index in [0.29, 0.717) is 11.6 Å². The SMILES string of the molecule is Cc1cc(NC(=O)[C@H](c2ccccc2)N(C)CC(=O)NC(C)(C)C)no1. The van der Waals surface area contributed by atoms with Gasteiger partial charge in [-0.25, -0.2) is 0 Å². The van der Waals surface area contributed by atoms with Gasteiger partial charge in [-0.05, 0) is 40.3 Å². The predicted molar refractivity (Wildman–Crippen MR) is 99.6 cm³/mol. The van der Waals surface area contributed by atoms with E-state index < -0.39 is 6.04 Å². The molecule has 0 aliphatic heterocycles. The van der Waals surface area contributed by atoms with Crippen LogP contribution in [0.25, 0.3) is 0 Å². The van der Waals surface area contributed by atoms with Gasteiger partial charge in [0.05, 0.1) is 6.54 Å². The molecule has 2 rings (SSSR count). The van der Waals surface area contributed by atoms with Crippen LogP contribution in [0.15, 0.2) is 40.9 Å². The number of rotatable bonds is 6. The fraction of sp³-hybridized carbons (Fsp3) is 0.421. The lowest BCUT2D eigenvalue weighted by Gasteiger charge is -2.28. The molecule has 1 atom stereocenters. The highest BCUT2D eigenvalue weighted by Gasteiger charge is 2.28. The minimum absolute atomic E-state index is 0.0854. The predicted octanol–water partition coefficient (Wildman–Crippen LogP) is 2.51. The lowest BCUT2D eigenvalue weighted by atomic mass is 10.0. The number of amides is 2. The Labute approximate surface area is 153 Å². The molecule has 7 heteroatoms. The number of hydrogen-bond donors (Lipinski definition) is 2. The molecule has 2 N–H and O–H groups in total. The first-order chi connectivity index (χ1) is 12.2. The minimum atomic E-state index is -0.640. The molecule has 0 fully saturated rings. The number of carbonyl (C=O) groups excluding carboxylic acids is 2. The van der Waals surface area contributed by atoms with Gasteiger partial charge < -0.3 is 15.2 Å². The van der Waals surface area contributed by atoms with E-state index >= 15 is 0 Å². The van der Waals surface area contributed by atoms with Crippen LogP contribution in [0.2, 0.25) is 0 Å². The molecule has 0 aliphatic rings. The molecular formula is C19H26N4O3. The highest BCUT2D eigenvalue weighted by atomic mass is 16.5. The van der Waals surface area contributed by atoms with Crippen molar-refractivity contribution in [2.24, 2.45) is 0 Å². The van der Waals surface area contributed by atoms with Gasteiger partial charge in [0, 0.05) is 11.6 Å². The van der Waals surface area contributed by atoms with E-state index in [0.717, 1.165) is 5.56 Å². The summed E-state index contributed by atoms with van der Waals surface area (Å²) in [6, 6.07) is 10.3. The van der Waals surface area contributed by atoms with Crippen molar-refractivity contribution in [3.63, 3.8) is 0 Å². The van der Waals surface area contributed by atoms with E-state index in [1.807, 2.05) is 51.1 Å². The lowest BCUT2D eigenvalue weighted by Crippen LogP contribution is -2.47. The summed E-state index contributed by atoms with van der Waals surface area (Å²) in [6.07, 6.45) is 0. The van der Waals surface area contributed by atoms with Crippen LogP contribution >= 0.6 is 0 Å². The molecule has 0 saturated heterocycles. The number of carbonyl (C=O) groups is 2. The van der Waals surface area contributed by atoms with Crippen molar-refractivity contribution in [2.75, 3.05) is 18.9 Å². The van der Waals surface area contributed by atoms with Crippen molar-refractivity contribution >= 4 is 17.6 Å². The number of nitrogens with one attached hydrogen (secondary N) is 2. The highest BCUT2D eigenvalue weighted by molar-refractivity contribution is 5.95. The Balaban J connectivity index is 2.18. The van der Waals surface area contributed by atoms with E-state index in [4.69, 9.17) is 4.52 Å². The van der Waals surface area contributed by atoms with Gasteiger partial charge in [-0.2, -0.15) is 0 Å². The van der Waals surface area contributed by atoms with Crippen LogP contribution in [0.4, 0.5) is 5.82 Å². The number of anilines is 1. The second-order valence-electron chi connectivity index (χ2n) is 7.34. The second kappa shape index (κ2) is 8.14. The summed E-state index contributed by atoms with van der Waals surface area (Å²) in [7, 11) is 1.74. The summed E-state index contributed by atoms with van der Waals surface area (Å²) < 4.78 is 4.99. The lowest BCUT2D eigenvalue weighted by molar-refractivity contribution is -0.126. The molecule has 0 radical (unpaired) electrons. The second-order valence-corrected chi connectivity index (χ2v) is 7.34. The zero-order chi connectivity index (χ0) is 19.3. The van der Waals surface area contributed by atoms with Crippen LogP contribution in [-0.2, 0) is 9.59 Å². The molecule has 140 valence electrons. The molecule has 0 bridgehead atoms. The topological polar surface area (TPSA) is 87.5 Å². The average molecular weight is 358 g/mol. The minimum Gasteiger partial charge on any atom is -0.360 e. The maximum absolute atomic E-state index is 12.9. The summed E-state index contributed by atoms with van der Waals surface area (Å²) in [5.74, 6) is 0.525. The Bertz CT molecular complexity index is 750. The first-order valence-corrected chi connectivity index (χ1v) is 8.46. The van der Waals surface area contributed by atoms with E-state index in [1.54, 1.807) is 24.9 Å². The monoisotopic (exact) mass is 358 g/mol. The summed E-state index contributed by atoms with van der Waals surface area (Å²) in [5.41, 5.74) is 0.456. The zero-order valence-corrected chi connectivity index (χ0v) is 15.9. The van der Waals surface area contributed by atoms with Crippen molar-refractivity contribution < 1.29 is 14.1 Å². The molecule has 0 spiro atoms. The fourth-order valence-electron chi connectivity index (χ4n) is 2.64. The van der Waals surface area contributed by atoms with E-state index in [-0.39, 0.29) is 23.9 Å². The van der Waals surface area contributed by atoms with Gasteiger partial charge >= 0.3 is 0 Å². The number of hydrogen-bond acceptors (Lipinski definition) is 5. The molecule has 2 aromatic rings. The number of benzene rings is 1. The molecule has 1 aromatic heterocycles. The number of nitrogens with zero attached hydrogens (tertiary/aromatic N) is 2. The van der Waals surface area contributed by atoms with Crippen LogP contribution < -0.4 is 10.6 Å². The van der Waals surface area contributed by atoms with Crippen LogP contribution in [-0.4, -0.2) is 41.0 Å². The third kappa shape index (κ3) is 5.70. The first-order valence-electron chi connectivity index (χ1n) is 8.46. The zero-order valence-electron chi connectivity index (χ0n) is 15.9. The quantitative estimate of drug-likeness (QED) is 0.828. The Kier molecular flexibility index (Phi) is 6.15. The fourth-order valence-corrected chi connectivity index (χ4v) is 2.64. The Morgan fingerprint density at radius 2 is 1.88 bits per heavy atom. The van der Waals surface area contributed by atoms with E-state index in [9.17, 15) is 9.59 Å². The number of likely N-dealkylation sites (N-methyl/N-ethyl adjacent to an activating group) is 1. The first kappa shape index (κ1) is 19.7. The molecule has 26 heavy (non-hydrogen) atoms. The largest absolute Gasteiger partial charge is 0.360 e. The van der Waals surface area contributed by atoms with Crippen molar-refractivity contribution in [1.29, 1.82) is 0 Å². The summed E-state index contributed by atoms with van der Waals surface area (Å²) in [4.78, 5) is 26.8. The van der Waals surface area contributed by atoms with Crippen molar-refractivity contribution in [1.82, 2.24) is 15.4 Å². The van der Waals surface area contributed by atoms with Gasteiger partial charge in [0.25, 0.3) is 0 Å². The van der Waals surface area contributed by atoms with Gasteiger partial charge in [-0.1, -0.05) is 35.5 Å². The summed E-state index contributed by atoms with van der Waals surface area (Å²) in [6.45, 7) is 7.58. The average Bonchev–Trinajstić information content (AvgIpc) is 2.91. The Hall–Kier alpha value is -2.67. The van der Waals surface area contributed by atoms with Gasteiger partial charge in [0.2, 0.25) is 11.8 Å². The molecular weight excluding hydrogens is 332 g/mol. The van der Waals surface area contributed by atoms with Crippen LogP contribution in [0.3, 0.4) is 0 Å². The third-order valence-electron chi connectivity index (χ3n) is 3.59. The molecule has 0 saturated carbocycles. The van der Waals surface area contributed by atoms with E-state index in [1.165, 1.54) is 0 Å². The molecule has 0 aliphatic carbocycles. The van der Waals surface area contributed by atoms with Crippen molar-refractivity contribution in [2.45, 2.75) is 39.3 Å². The Morgan fingerprint density at radius 1 is 1.23 bits per heavy atom. The number of aromatic nitrogens is 1. The van der Waals surface area contributed by atoms with Crippen LogP contribution in [0.5, 0.6) is 0 Å². The van der Waals surface area contributed by atoms with Gasteiger partial charge in [-0.15, -0.1) is 0 Å². The normalized spacial score (nSPS) is 12.7. The molecule has 0 unspecified atom stereocenters. The smallest absolute Gasteiger partial charge is 0.247 e. The van der Waals surface area contributed by atoms with Gasteiger partial charge in [0.1, 0.15) is 11.8 Å². The summed E-state index contributed by atoms with van der Waals surface area (Å²) >= 11 is 0.